The van der Waals surface area contributed by atoms with Crippen molar-refractivity contribution in [2.75, 3.05) is 38.7 Å². The molecule has 29 heavy (non-hydrogen) atoms. The molecule has 1 fully saturated rings. The second kappa shape index (κ2) is 15.5. The van der Waals surface area contributed by atoms with Crippen molar-refractivity contribution in [1.82, 2.24) is 4.90 Å². The summed E-state index contributed by atoms with van der Waals surface area (Å²) in [5.74, 6) is 2.56. The number of halogens is 3. The van der Waals surface area contributed by atoms with E-state index in [1.807, 2.05) is 36.4 Å². The van der Waals surface area contributed by atoms with Crippen LogP contribution in [0.25, 0.3) is 0 Å². The minimum Gasteiger partial charge on any atom is -0.494 e. The summed E-state index contributed by atoms with van der Waals surface area (Å²) in [6.45, 7) is 5.28. The van der Waals surface area contributed by atoms with E-state index in [1.165, 1.54) is 46.0 Å². The maximum atomic E-state index is 5.72. The van der Waals surface area contributed by atoms with Gasteiger partial charge in [-0.25, -0.2) is 0 Å². The molecule has 0 spiro atoms. The minimum atomic E-state index is 0.657. The SMILES string of the molecule is ClCCCOc1ccc(I)cc1.Ic1ccc(OCCCN2CCCCC2)cc1. The van der Waals surface area contributed by atoms with Gasteiger partial charge < -0.3 is 14.4 Å². The van der Waals surface area contributed by atoms with Crippen LogP contribution in [0.15, 0.2) is 48.5 Å². The molecule has 1 heterocycles. The van der Waals surface area contributed by atoms with Gasteiger partial charge in [0.15, 0.2) is 0 Å². The van der Waals surface area contributed by atoms with Crippen molar-refractivity contribution in [1.29, 1.82) is 0 Å². The fourth-order valence-corrected chi connectivity index (χ4v) is 3.80. The van der Waals surface area contributed by atoms with Crippen LogP contribution in [0, 0.1) is 7.14 Å². The second-order valence-electron chi connectivity index (χ2n) is 6.90. The molecule has 2 aromatic carbocycles. The first-order valence-electron chi connectivity index (χ1n) is 10.2. The molecule has 0 bridgehead atoms. The highest BCUT2D eigenvalue weighted by atomic mass is 127. The molecule has 1 saturated heterocycles. The van der Waals surface area contributed by atoms with Crippen LogP contribution in [0.4, 0.5) is 0 Å². The van der Waals surface area contributed by atoms with Crippen LogP contribution in [-0.2, 0) is 0 Å². The third-order valence-corrected chi connectivity index (χ3v) is 6.22. The lowest BCUT2D eigenvalue weighted by Gasteiger charge is -2.26. The van der Waals surface area contributed by atoms with Gasteiger partial charge >= 0.3 is 0 Å². The summed E-state index contributed by atoms with van der Waals surface area (Å²) in [6, 6.07) is 16.2. The van der Waals surface area contributed by atoms with Gasteiger partial charge in [-0.1, -0.05) is 6.42 Å². The number of hydrogen-bond acceptors (Lipinski definition) is 3. The third kappa shape index (κ3) is 11.6. The normalized spacial score (nSPS) is 14.0. The van der Waals surface area contributed by atoms with Crippen LogP contribution in [0.2, 0.25) is 0 Å². The zero-order valence-corrected chi connectivity index (χ0v) is 21.9. The van der Waals surface area contributed by atoms with Crippen molar-refractivity contribution in [3.05, 3.63) is 55.7 Å². The van der Waals surface area contributed by atoms with Crippen molar-refractivity contribution in [3.8, 4) is 11.5 Å². The maximum absolute atomic E-state index is 5.72. The number of hydrogen-bond donors (Lipinski definition) is 0. The Morgan fingerprint density at radius 1 is 0.724 bits per heavy atom. The average Bonchev–Trinajstić information content (AvgIpc) is 2.75. The second-order valence-corrected chi connectivity index (χ2v) is 9.77. The fraction of sp³-hybridized carbons (Fsp3) is 0.478. The summed E-state index contributed by atoms with van der Waals surface area (Å²) in [6.07, 6.45) is 6.19. The van der Waals surface area contributed by atoms with Crippen LogP contribution < -0.4 is 9.47 Å². The van der Waals surface area contributed by atoms with Gasteiger partial charge in [0.1, 0.15) is 11.5 Å². The van der Waals surface area contributed by atoms with Gasteiger partial charge in [0.05, 0.1) is 13.2 Å². The average molecular weight is 642 g/mol. The number of benzene rings is 2. The van der Waals surface area contributed by atoms with Crippen LogP contribution in [-0.4, -0.2) is 43.6 Å². The Kier molecular flexibility index (Phi) is 13.4. The predicted molar refractivity (Wildman–Crippen MR) is 140 cm³/mol. The molecule has 2 aromatic rings. The molecule has 0 unspecified atom stereocenters. The molecular weight excluding hydrogens is 612 g/mol. The predicted octanol–water partition coefficient (Wildman–Crippen LogP) is 6.84. The molecule has 0 aromatic heterocycles. The van der Waals surface area contributed by atoms with Crippen LogP contribution in [0.5, 0.6) is 11.5 Å². The van der Waals surface area contributed by atoms with E-state index in [0.29, 0.717) is 12.5 Å². The zero-order chi connectivity index (χ0) is 20.7. The monoisotopic (exact) mass is 641 g/mol. The van der Waals surface area contributed by atoms with E-state index in [1.54, 1.807) is 0 Å². The number of ether oxygens (including phenoxy) is 2. The summed E-state index contributed by atoms with van der Waals surface area (Å²) in [5, 5.41) is 0. The Balaban J connectivity index is 0.000000221. The molecule has 0 aliphatic carbocycles. The molecule has 0 atom stereocenters. The summed E-state index contributed by atoms with van der Waals surface area (Å²) >= 11 is 10.1. The van der Waals surface area contributed by atoms with Gasteiger partial charge in [-0.15, -0.1) is 11.6 Å². The lowest BCUT2D eigenvalue weighted by Crippen LogP contribution is -2.31. The minimum absolute atomic E-state index is 0.657. The Hall–Kier alpha value is -0.250. The summed E-state index contributed by atoms with van der Waals surface area (Å²) in [5.41, 5.74) is 0. The zero-order valence-electron chi connectivity index (χ0n) is 16.8. The van der Waals surface area contributed by atoms with Crippen molar-refractivity contribution < 1.29 is 9.47 Å². The number of rotatable bonds is 9. The highest BCUT2D eigenvalue weighted by molar-refractivity contribution is 14.1. The molecule has 0 saturated carbocycles. The van der Waals surface area contributed by atoms with Crippen LogP contribution >= 0.6 is 56.8 Å². The molecule has 160 valence electrons. The van der Waals surface area contributed by atoms with Crippen molar-refractivity contribution in [2.45, 2.75) is 32.1 Å². The van der Waals surface area contributed by atoms with E-state index in [4.69, 9.17) is 21.1 Å². The number of piperidine rings is 1. The largest absolute Gasteiger partial charge is 0.494 e. The molecule has 0 amide bonds. The summed E-state index contributed by atoms with van der Waals surface area (Å²) in [4.78, 5) is 2.56. The van der Waals surface area contributed by atoms with Gasteiger partial charge in [-0.3, -0.25) is 0 Å². The van der Waals surface area contributed by atoms with Gasteiger partial charge in [0.2, 0.25) is 0 Å². The van der Waals surface area contributed by atoms with Crippen molar-refractivity contribution in [3.63, 3.8) is 0 Å². The highest BCUT2D eigenvalue weighted by Crippen LogP contribution is 2.15. The Morgan fingerprint density at radius 2 is 1.21 bits per heavy atom. The van der Waals surface area contributed by atoms with Gasteiger partial charge in [0.25, 0.3) is 0 Å². The van der Waals surface area contributed by atoms with Gasteiger partial charge in [-0.05, 0) is 132 Å². The molecular formula is C23H30ClI2NO2. The first kappa shape index (κ1) is 25.0. The van der Waals surface area contributed by atoms with Crippen LogP contribution in [0.3, 0.4) is 0 Å². The Morgan fingerprint density at radius 3 is 1.69 bits per heavy atom. The van der Waals surface area contributed by atoms with E-state index in [-0.39, 0.29) is 0 Å². The van der Waals surface area contributed by atoms with Gasteiger partial charge in [-0.2, -0.15) is 0 Å². The molecule has 3 nitrogen and oxygen atoms in total. The number of nitrogens with zero attached hydrogens (tertiary/aromatic N) is 1. The van der Waals surface area contributed by atoms with Crippen molar-refractivity contribution >= 4 is 56.8 Å². The Bertz CT molecular complexity index is 662. The maximum Gasteiger partial charge on any atom is 0.119 e. The number of alkyl halides is 1. The van der Waals surface area contributed by atoms with E-state index in [2.05, 4.69) is 62.2 Å². The van der Waals surface area contributed by atoms with E-state index >= 15 is 0 Å². The third-order valence-electron chi connectivity index (χ3n) is 4.51. The first-order chi connectivity index (χ1) is 14.2. The van der Waals surface area contributed by atoms with E-state index in [0.717, 1.165) is 30.9 Å². The molecule has 0 radical (unpaired) electrons. The van der Waals surface area contributed by atoms with E-state index < -0.39 is 0 Å². The molecule has 3 rings (SSSR count). The lowest BCUT2D eigenvalue weighted by atomic mass is 10.1. The Labute approximate surface area is 207 Å². The quantitative estimate of drug-likeness (QED) is 0.170. The molecule has 1 aliphatic heterocycles. The van der Waals surface area contributed by atoms with Crippen LogP contribution in [0.1, 0.15) is 32.1 Å². The molecule has 0 N–H and O–H groups in total. The topological polar surface area (TPSA) is 21.7 Å². The highest BCUT2D eigenvalue weighted by Gasteiger charge is 2.08. The van der Waals surface area contributed by atoms with E-state index in [9.17, 15) is 0 Å². The van der Waals surface area contributed by atoms with Crippen molar-refractivity contribution in [2.24, 2.45) is 0 Å². The molecule has 1 aliphatic rings. The fourth-order valence-electron chi connectivity index (χ4n) is 2.97. The summed E-state index contributed by atoms with van der Waals surface area (Å²) in [7, 11) is 0. The smallest absolute Gasteiger partial charge is 0.119 e. The first-order valence-corrected chi connectivity index (χ1v) is 12.9. The lowest BCUT2D eigenvalue weighted by molar-refractivity contribution is 0.205. The number of likely N-dealkylation sites (tertiary alicyclic amines) is 1. The molecule has 6 heteroatoms. The van der Waals surface area contributed by atoms with Gasteiger partial charge in [0, 0.05) is 19.6 Å². The summed E-state index contributed by atoms with van der Waals surface area (Å²) < 4.78 is 13.6. The standard InChI is InChI=1S/C14H20INO.C9H10ClIO/c15-13-5-7-14(8-6-13)17-12-4-11-16-9-2-1-3-10-16;10-6-1-7-12-9-4-2-8(11)3-5-9/h5-8H,1-4,9-12H2;2-5H,1,6-7H2.